The summed E-state index contributed by atoms with van der Waals surface area (Å²) in [5.41, 5.74) is 2.06. The Balaban J connectivity index is 1.75. The van der Waals surface area contributed by atoms with Crippen molar-refractivity contribution in [3.8, 4) is 0 Å². The first kappa shape index (κ1) is 16.4. The Labute approximate surface area is 141 Å². The van der Waals surface area contributed by atoms with E-state index >= 15 is 0 Å². The molecule has 1 saturated heterocycles. The number of morpholine rings is 1. The third-order valence-corrected chi connectivity index (χ3v) is 4.23. The van der Waals surface area contributed by atoms with Gasteiger partial charge in [-0.25, -0.2) is 0 Å². The predicted octanol–water partition coefficient (Wildman–Crippen LogP) is 1.47. The van der Waals surface area contributed by atoms with E-state index in [2.05, 4.69) is 4.98 Å². The van der Waals surface area contributed by atoms with Gasteiger partial charge in [0.15, 0.2) is 0 Å². The van der Waals surface area contributed by atoms with Crippen LogP contribution in [0.5, 0.6) is 0 Å². The highest BCUT2D eigenvalue weighted by Gasteiger charge is 2.22. The van der Waals surface area contributed by atoms with Crippen molar-refractivity contribution in [2.45, 2.75) is 6.92 Å². The summed E-state index contributed by atoms with van der Waals surface area (Å²) in [7, 11) is 1.65. The van der Waals surface area contributed by atoms with Crippen molar-refractivity contribution in [2.75, 3.05) is 39.9 Å². The largest absolute Gasteiger partial charge is 0.378 e. The topological polar surface area (TPSA) is 62.7 Å². The van der Waals surface area contributed by atoms with Gasteiger partial charge in [0.1, 0.15) is 0 Å². The summed E-state index contributed by atoms with van der Waals surface area (Å²) in [5.74, 6) is -0.243. The Morgan fingerprint density at radius 2 is 1.96 bits per heavy atom. The van der Waals surface area contributed by atoms with Gasteiger partial charge < -0.3 is 14.5 Å². The molecule has 0 radical (unpaired) electrons. The number of likely N-dealkylation sites (N-methyl/N-ethyl adjacent to an activating group) is 1. The molecule has 3 rings (SSSR count). The van der Waals surface area contributed by atoms with Crippen molar-refractivity contribution in [2.24, 2.45) is 0 Å². The number of pyridine rings is 1. The lowest BCUT2D eigenvalue weighted by Gasteiger charge is -2.28. The number of benzene rings is 1. The van der Waals surface area contributed by atoms with Crippen LogP contribution in [0.2, 0.25) is 0 Å². The van der Waals surface area contributed by atoms with Gasteiger partial charge in [-0.3, -0.25) is 14.6 Å². The molecule has 1 aliphatic heterocycles. The van der Waals surface area contributed by atoms with Crippen LogP contribution in [0.4, 0.5) is 0 Å². The Morgan fingerprint density at radius 3 is 2.71 bits per heavy atom. The lowest BCUT2D eigenvalue weighted by atomic mass is 10.1. The second-order valence-electron chi connectivity index (χ2n) is 5.97. The Hall–Kier alpha value is -2.47. The lowest BCUT2D eigenvalue weighted by molar-refractivity contribution is -0.135. The van der Waals surface area contributed by atoms with Gasteiger partial charge in [-0.2, -0.15) is 0 Å². The van der Waals surface area contributed by atoms with Crippen molar-refractivity contribution in [3.05, 3.63) is 41.6 Å². The number of aromatic nitrogens is 1. The molecule has 24 heavy (non-hydrogen) atoms. The van der Waals surface area contributed by atoms with E-state index in [1.54, 1.807) is 11.9 Å². The third-order valence-electron chi connectivity index (χ3n) is 4.23. The number of rotatable bonds is 3. The number of fused-ring (bicyclic) bond motifs is 1. The summed E-state index contributed by atoms with van der Waals surface area (Å²) in [5, 5.41) is 0.916. The minimum absolute atomic E-state index is 0.0550. The summed E-state index contributed by atoms with van der Waals surface area (Å²) in [6.45, 7) is 4.14. The zero-order chi connectivity index (χ0) is 17.1. The zero-order valence-corrected chi connectivity index (χ0v) is 14.0. The summed E-state index contributed by atoms with van der Waals surface area (Å²) >= 11 is 0. The van der Waals surface area contributed by atoms with E-state index in [0.29, 0.717) is 37.6 Å². The molecule has 2 amide bonds. The maximum atomic E-state index is 12.7. The lowest BCUT2D eigenvalue weighted by Crippen LogP contribution is -2.46. The molecule has 0 bridgehead atoms. The van der Waals surface area contributed by atoms with Gasteiger partial charge in [-0.05, 0) is 19.1 Å². The summed E-state index contributed by atoms with van der Waals surface area (Å²) < 4.78 is 5.25. The molecule has 0 unspecified atom stereocenters. The fourth-order valence-electron chi connectivity index (χ4n) is 2.82. The zero-order valence-electron chi connectivity index (χ0n) is 14.0. The van der Waals surface area contributed by atoms with E-state index < -0.39 is 0 Å². The summed E-state index contributed by atoms with van der Waals surface area (Å²) in [6.07, 6.45) is 0. The van der Waals surface area contributed by atoms with E-state index in [1.807, 2.05) is 37.3 Å². The minimum Gasteiger partial charge on any atom is -0.378 e. The van der Waals surface area contributed by atoms with Crippen molar-refractivity contribution < 1.29 is 14.3 Å². The maximum absolute atomic E-state index is 12.7. The number of hydrogen-bond acceptors (Lipinski definition) is 4. The molecular weight excluding hydrogens is 306 g/mol. The molecule has 1 fully saturated rings. The van der Waals surface area contributed by atoms with Gasteiger partial charge in [0.05, 0.1) is 36.5 Å². The van der Waals surface area contributed by atoms with E-state index in [0.717, 1.165) is 10.9 Å². The van der Waals surface area contributed by atoms with Crippen LogP contribution >= 0.6 is 0 Å². The average Bonchev–Trinajstić information content (AvgIpc) is 2.61. The second-order valence-corrected chi connectivity index (χ2v) is 5.97. The van der Waals surface area contributed by atoms with Crippen LogP contribution in [0.3, 0.4) is 0 Å². The van der Waals surface area contributed by atoms with Crippen LogP contribution < -0.4 is 0 Å². The molecule has 2 heterocycles. The van der Waals surface area contributed by atoms with Gasteiger partial charge >= 0.3 is 0 Å². The van der Waals surface area contributed by atoms with Crippen LogP contribution in [-0.4, -0.2) is 66.5 Å². The predicted molar refractivity (Wildman–Crippen MR) is 90.8 cm³/mol. The van der Waals surface area contributed by atoms with E-state index in [9.17, 15) is 9.59 Å². The van der Waals surface area contributed by atoms with Gasteiger partial charge in [-0.15, -0.1) is 0 Å². The van der Waals surface area contributed by atoms with Crippen LogP contribution in [0.25, 0.3) is 10.9 Å². The van der Waals surface area contributed by atoms with Crippen molar-refractivity contribution >= 4 is 22.7 Å². The number of carbonyl (C=O) groups is 2. The molecule has 126 valence electrons. The molecular formula is C18H21N3O3. The van der Waals surface area contributed by atoms with Gasteiger partial charge in [0.25, 0.3) is 5.91 Å². The second kappa shape index (κ2) is 6.97. The summed E-state index contributed by atoms with van der Waals surface area (Å²) in [4.78, 5) is 32.7. The highest BCUT2D eigenvalue weighted by Crippen LogP contribution is 2.17. The van der Waals surface area contributed by atoms with Crippen molar-refractivity contribution in [3.63, 3.8) is 0 Å². The fraction of sp³-hybridized carbons (Fsp3) is 0.389. The van der Waals surface area contributed by atoms with Crippen LogP contribution in [0.1, 0.15) is 16.1 Å². The highest BCUT2D eigenvalue weighted by molar-refractivity contribution is 6.00. The van der Waals surface area contributed by atoms with Crippen molar-refractivity contribution in [1.29, 1.82) is 0 Å². The quantitative estimate of drug-likeness (QED) is 0.856. The summed E-state index contributed by atoms with van der Waals surface area (Å²) in [6, 6.07) is 9.53. The molecule has 0 N–H and O–H groups in total. The molecule has 1 aromatic carbocycles. The molecule has 6 nitrogen and oxygen atoms in total. The standard InChI is InChI=1S/C18H21N3O3/c1-13-15(11-14-5-3-4-6-16(14)19-13)18(23)20(2)12-17(22)21-7-9-24-10-8-21/h3-6,11H,7-10,12H2,1-2H3. The van der Waals surface area contributed by atoms with Crippen LogP contribution in [0.15, 0.2) is 30.3 Å². The molecule has 0 spiro atoms. The number of hydrogen-bond donors (Lipinski definition) is 0. The smallest absolute Gasteiger partial charge is 0.255 e. The fourth-order valence-corrected chi connectivity index (χ4v) is 2.82. The molecule has 0 atom stereocenters. The van der Waals surface area contributed by atoms with E-state index in [4.69, 9.17) is 4.74 Å². The minimum atomic E-state index is -0.188. The molecule has 0 saturated carbocycles. The maximum Gasteiger partial charge on any atom is 0.255 e. The molecule has 1 aliphatic rings. The number of para-hydroxylation sites is 1. The Bertz CT molecular complexity index is 769. The van der Waals surface area contributed by atoms with Crippen LogP contribution in [-0.2, 0) is 9.53 Å². The Morgan fingerprint density at radius 1 is 1.25 bits per heavy atom. The molecule has 6 heteroatoms. The average molecular weight is 327 g/mol. The Kier molecular flexibility index (Phi) is 4.76. The molecule has 0 aliphatic carbocycles. The first-order valence-electron chi connectivity index (χ1n) is 8.03. The monoisotopic (exact) mass is 327 g/mol. The number of carbonyl (C=O) groups excluding carboxylic acids is 2. The number of aryl methyl sites for hydroxylation is 1. The number of ether oxygens (including phenoxy) is 1. The highest BCUT2D eigenvalue weighted by atomic mass is 16.5. The van der Waals surface area contributed by atoms with Gasteiger partial charge in [0.2, 0.25) is 5.91 Å². The van der Waals surface area contributed by atoms with E-state index in [-0.39, 0.29) is 18.4 Å². The number of nitrogens with zero attached hydrogens (tertiary/aromatic N) is 3. The first-order valence-corrected chi connectivity index (χ1v) is 8.03. The normalized spacial score (nSPS) is 14.7. The van der Waals surface area contributed by atoms with Crippen molar-refractivity contribution in [1.82, 2.24) is 14.8 Å². The SMILES string of the molecule is Cc1nc2ccccc2cc1C(=O)N(C)CC(=O)N1CCOCC1. The van der Waals surface area contributed by atoms with E-state index in [1.165, 1.54) is 4.90 Å². The molecule has 1 aromatic heterocycles. The molecule has 2 aromatic rings. The third kappa shape index (κ3) is 3.38. The number of amides is 2. The van der Waals surface area contributed by atoms with Gasteiger partial charge in [0, 0.05) is 25.5 Å². The van der Waals surface area contributed by atoms with Gasteiger partial charge in [-0.1, -0.05) is 18.2 Å². The first-order chi connectivity index (χ1) is 11.6. The van der Waals surface area contributed by atoms with Crippen LogP contribution in [0, 0.1) is 6.92 Å².